The summed E-state index contributed by atoms with van der Waals surface area (Å²) in [5.41, 5.74) is 11.4. The molecule has 0 atom stereocenters. The van der Waals surface area contributed by atoms with Crippen LogP contribution in [0, 0.1) is 17.9 Å². The minimum Gasteiger partial charge on any atom is -0.319 e. The molecule has 3 aromatic heterocycles. The average Bonchev–Trinajstić information content (AvgIpc) is 3.88. The van der Waals surface area contributed by atoms with Gasteiger partial charge in [0, 0.05) is 47.1 Å². The van der Waals surface area contributed by atoms with Gasteiger partial charge in [0.1, 0.15) is 6.07 Å². The van der Waals surface area contributed by atoms with Gasteiger partial charge in [0.05, 0.1) is 45.6 Å². The highest BCUT2D eigenvalue weighted by atomic mass is 32.1. The Morgan fingerprint density at radius 2 is 1.19 bits per heavy atom. The van der Waals surface area contributed by atoms with Crippen LogP contribution in [0.5, 0.6) is 0 Å². The Morgan fingerprint density at radius 1 is 0.558 bits per heavy atom. The molecule has 0 fully saturated rings. The number of nitrogens with zero attached hydrogens (tertiary/aromatic N) is 4. The Hall–Kier alpha value is -6.66. The molecule has 0 radical (unpaired) electrons. The van der Waals surface area contributed by atoms with Gasteiger partial charge in [0.25, 0.3) is 0 Å². The lowest BCUT2D eigenvalue weighted by molar-refractivity contribution is 0.661. The molecule has 4 nitrogen and oxygen atoms in total. The molecule has 7 aromatic carbocycles. The number of para-hydroxylation sites is 2. The molecular formula is C47H28N4S. The molecule has 0 spiro atoms. The van der Waals surface area contributed by atoms with E-state index in [2.05, 4.69) is 131 Å². The molecule has 52 heavy (non-hydrogen) atoms. The van der Waals surface area contributed by atoms with Gasteiger partial charge in [-0.25, -0.2) is 4.85 Å². The Kier molecular flexibility index (Phi) is 5.71. The number of hydrogen-bond donors (Lipinski definition) is 0. The molecule has 11 rings (SSSR count). The second kappa shape index (κ2) is 10.2. The highest BCUT2D eigenvalue weighted by molar-refractivity contribution is 7.25. The number of rotatable bonds is 2. The van der Waals surface area contributed by atoms with Gasteiger partial charge in [0.2, 0.25) is 5.69 Å². The minimum atomic E-state index is -0.196. The number of aromatic nitrogens is 2. The quantitative estimate of drug-likeness (QED) is 0.167. The van der Waals surface area contributed by atoms with E-state index in [9.17, 15) is 5.26 Å². The average molecular weight is 681 g/mol. The third-order valence-electron chi connectivity index (χ3n) is 11.4. The van der Waals surface area contributed by atoms with Crippen LogP contribution >= 0.6 is 11.3 Å². The molecule has 0 aliphatic heterocycles. The molecule has 10 aromatic rings. The third-order valence-corrected chi connectivity index (χ3v) is 12.5. The van der Waals surface area contributed by atoms with Crippen molar-refractivity contribution in [3.05, 3.63) is 162 Å². The summed E-state index contributed by atoms with van der Waals surface area (Å²) in [6.07, 6.45) is 0. The first kappa shape index (κ1) is 29.1. The summed E-state index contributed by atoms with van der Waals surface area (Å²) in [6.45, 7) is 13.2. The summed E-state index contributed by atoms with van der Waals surface area (Å²) in [6, 6.07) is 49.7. The molecule has 0 saturated carbocycles. The molecule has 0 unspecified atom stereocenters. The Labute approximate surface area is 303 Å². The lowest BCUT2D eigenvalue weighted by Crippen LogP contribution is -2.15. The molecule has 0 N–H and O–H groups in total. The van der Waals surface area contributed by atoms with E-state index in [0.717, 1.165) is 43.6 Å². The summed E-state index contributed by atoms with van der Waals surface area (Å²) in [7, 11) is 0. The first-order chi connectivity index (χ1) is 25.5. The van der Waals surface area contributed by atoms with Gasteiger partial charge in [0.15, 0.2) is 0 Å². The van der Waals surface area contributed by atoms with E-state index in [4.69, 9.17) is 6.57 Å². The van der Waals surface area contributed by atoms with Crippen molar-refractivity contribution in [2.45, 2.75) is 19.3 Å². The van der Waals surface area contributed by atoms with Crippen LogP contribution in [0.3, 0.4) is 0 Å². The summed E-state index contributed by atoms with van der Waals surface area (Å²) < 4.78 is 6.84. The molecule has 3 heterocycles. The Bertz CT molecular complexity index is 3250. The predicted molar refractivity (Wildman–Crippen MR) is 217 cm³/mol. The predicted octanol–water partition coefficient (Wildman–Crippen LogP) is 13.0. The summed E-state index contributed by atoms with van der Waals surface area (Å²) >= 11 is 1.79. The van der Waals surface area contributed by atoms with Gasteiger partial charge in [-0.05, 0) is 76.9 Å². The molecule has 5 heteroatoms. The van der Waals surface area contributed by atoms with Gasteiger partial charge >= 0.3 is 0 Å². The highest BCUT2D eigenvalue weighted by Gasteiger charge is 2.36. The molecule has 0 saturated heterocycles. The number of fused-ring (bicyclic) bond motifs is 12. The number of thiophene rings is 1. The fourth-order valence-electron chi connectivity index (χ4n) is 8.98. The van der Waals surface area contributed by atoms with Crippen molar-refractivity contribution in [2.75, 3.05) is 0 Å². The fourth-order valence-corrected chi connectivity index (χ4v) is 10.1. The summed E-state index contributed by atoms with van der Waals surface area (Å²) in [5, 5.41) is 17.8. The SMILES string of the molecule is [C-]#[N+]c1cc(-n2c3ccccc3c3ccccc32)c(C#N)cc1-n1c2cc3c(cc2c2cc4c(cc21)sc1ccccc14)-c1ccccc1C3(C)C. The van der Waals surface area contributed by atoms with Crippen LogP contribution < -0.4 is 0 Å². The smallest absolute Gasteiger partial charge is 0.212 e. The maximum absolute atomic E-state index is 10.8. The van der Waals surface area contributed by atoms with Gasteiger partial charge in [-0.1, -0.05) is 92.7 Å². The first-order valence-corrected chi connectivity index (χ1v) is 18.3. The monoisotopic (exact) mass is 680 g/mol. The largest absolute Gasteiger partial charge is 0.319 e. The molecule has 1 aliphatic rings. The van der Waals surface area contributed by atoms with Crippen molar-refractivity contribution in [2.24, 2.45) is 0 Å². The zero-order chi connectivity index (χ0) is 34.9. The molecular weight excluding hydrogens is 653 g/mol. The Balaban J connectivity index is 1.27. The molecule has 242 valence electrons. The highest BCUT2D eigenvalue weighted by Crippen LogP contribution is 2.52. The van der Waals surface area contributed by atoms with Crippen LogP contribution in [0.1, 0.15) is 30.5 Å². The van der Waals surface area contributed by atoms with E-state index in [1.54, 1.807) is 11.3 Å². The lowest BCUT2D eigenvalue weighted by atomic mass is 9.82. The van der Waals surface area contributed by atoms with E-state index in [1.165, 1.54) is 42.4 Å². The van der Waals surface area contributed by atoms with Crippen molar-refractivity contribution in [1.82, 2.24) is 9.13 Å². The summed E-state index contributed by atoms with van der Waals surface area (Å²) in [4.78, 5) is 4.19. The molecule has 0 bridgehead atoms. The molecule has 1 aliphatic carbocycles. The van der Waals surface area contributed by atoms with Crippen LogP contribution in [0.2, 0.25) is 0 Å². The van der Waals surface area contributed by atoms with Crippen LogP contribution in [0.4, 0.5) is 5.69 Å². The van der Waals surface area contributed by atoms with E-state index >= 15 is 0 Å². The second-order valence-corrected chi connectivity index (χ2v) is 15.4. The van der Waals surface area contributed by atoms with Gasteiger partial charge in [-0.15, -0.1) is 11.3 Å². The van der Waals surface area contributed by atoms with Crippen LogP contribution in [-0.2, 0) is 5.41 Å². The van der Waals surface area contributed by atoms with Gasteiger partial charge in [-0.3, -0.25) is 0 Å². The first-order valence-electron chi connectivity index (χ1n) is 17.4. The maximum atomic E-state index is 10.8. The van der Waals surface area contributed by atoms with E-state index < -0.39 is 0 Å². The normalized spacial score (nSPS) is 13.3. The van der Waals surface area contributed by atoms with E-state index in [0.29, 0.717) is 22.6 Å². The topological polar surface area (TPSA) is 38.0 Å². The molecule has 0 amide bonds. The van der Waals surface area contributed by atoms with Crippen molar-refractivity contribution in [3.63, 3.8) is 0 Å². The fraction of sp³-hybridized carbons (Fsp3) is 0.0638. The van der Waals surface area contributed by atoms with Crippen molar-refractivity contribution < 1.29 is 0 Å². The van der Waals surface area contributed by atoms with Crippen LogP contribution in [0.25, 0.3) is 91.1 Å². The Morgan fingerprint density at radius 3 is 1.94 bits per heavy atom. The van der Waals surface area contributed by atoms with Crippen molar-refractivity contribution in [1.29, 1.82) is 5.26 Å². The van der Waals surface area contributed by atoms with Gasteiger partial charge < -0.3 is 9.13 Å². The van der Waals surface area contributed by atoms with Gasteiger partial charge in [-0.2, -0.15) is 5.26 Å². The van der Waals surface area contributed by atoms with E-state index in [-0.39, 0.29) is 5.41 Å². The zero-order valence-corrected chi connectivity index (χ0v) is 29.2. The standard InChI is InChI=1S/C47H28N4S/c1-47(2)36-16-8-4-12-28(36)32-21-33-34-22-35-31-15-7-11-19-45(31)52-46(35)25-43(34)51(42(33)23-37(32)47)44-20-27(26-48)41(24-38(44)49-3)50-39-17-9-5-13-29(39)30-14-6-10-18-40(30)50/h4-25H,1-2H3. The van der Waals surface area contributed by atoms with E-state index in [1.807, 2.05) is 36.4 Å². The zero-order valence-electron chi connectivity index (χ0n) is 28.4. The summed E-state index contributed by atoms with van der Waals surface area (Å²) in [5.74, 6) is 0. The lowest BCUT2D eigenvalue weighted by Gasteiger charge is -2.22. The van der Waals surface area contributed by atoms with Crippen molar-refractivity contribution >= 4 is 80.8 Å². The number of hydrogen-bond acceptors (Lipinski definition) is 2. The second-order valence-electron chi connectivity index (χ2n) is 14.3. The third kappa shape index (κ3) is 3.68. The minimum absolute atomic E-state index is 0.196. The van der Waals surface area contributed by atoms with Crippen molar-refractivity contribution in [3.8, 4) is 28.6 Å². The number of nitriles is 1. The maximum Gasteiger partial charge on any atom is 0.212 e. The number of benzene rings is 7. The van der Waals surface area contributed by atoms with Crippen LogP contribution in [-0.4, -0.2) is 9.13 Å². The van der Waals surface area contributed by atoms with Crippen LogP contribution in [0.15, 0.2) is 133 Å².